The van der Waals surface area contributed by atoms with Crippen LogP contribution in [0.2, 0.25) is 0 Å². The highest BCUT2D eigenvalue weighted by molar-refractivity contribution is 5.62. The zero-order chi connectivity index (χ0) is 9.54. The van der Waals surface area contributed by atoms with Gasteiger partial charge >= 0.3 is 0 Å². The van der Waals surface area contributed by atoms with Crippen LogP contribution in [0.5, 0.6) is 0 Å². The van der Waals surface area contributed by atoms with E-state index < -0.39 is 0 Å². The molecule has 1 N–H and O–H groups in total. The molecule has 0 radical (unpaired) electrons. The van der Waals surface area contributed by atoms with E-state index in [-0.39, 0.29) is 0 Å². The molecule has 1 aliphatic heterocycles. The van der Waals surface area contributed by atoms with E-state index in [1.165, 1.54) is 10.4 Å². The minimum absolute atomic E-state index is 0.689. The fourth-order valence-electron chi connectivity index (χ4n) is 2.36. The SMILES string of the molecule is Cn1nnc(C2=C[C@@H]3CNC[C@@H]3C2)n1. The number of nitrogens with zero attached hydrogens (tertiary/aromatic N) is 4. The van der Waals surface area contributed by atoms with Crippen LogP contribution in [0.1, 0.15) is 12.2 Å². The smallest absolute Gasteiger partial charge is 0.200 e. The molecule has 5 heteroatoms. The Morgan fingerprint density at radius 1 is 1.50 bits per heavy atom. The Bertz CT molecular complexity index is 380. The van der Waals surface area contributed by atoms with E-state index in [1.54, 1.807) is 7.05 Å². The molecule has 1 fully saturated rings. The van der Waals surface area contributed by atoms with Gasteiger partial charge in [0.15, 0.2) is 0 Å². The highest BCUT2D eigenvalue weighted by Crippen LogP contribution is 2.36. The predicted molar refractivity (Wildman–Crippen MR) is 51.2 cm³/mol. The number of nitrogens with one attached hydrogen (secondary N) is 1. The zero-order valence-corrected chi connectivity index (χ0v) is 8.14. The Morgan fingerprint density at radius 2 is 2.43 bits per heavy atom. The lowest BCUT2D eigenvalue weighted by Crippen LogP contribution is -2.09. The van der Waals surface area contributed by atoms with E-state index in [0.29, 0.717) is 5.92 Å². The molecule has 74 valence electrons. The van der Waals surface area contributed by atoms with Gasteiger partial charge in [-0.1, -0.05) is 6.08 Å². The molecular weight excluding hydrogens is 178 g/mol. The highest BCUT2D eigenvalue weighted by Gasteiger charge is 2.33. The quantitative estimate of drug-likeness (QED) is 0.669. The van der Waals surface area contributed by atoms with Crippen molar-refractivity contribution in [3.05, 3.63) is 11.9 Å². The van der Waals surface area contributed by atoms with E-state index in [4.69, 9.17) is 0 Å². The van der Waals surface area contributed by atoms with Gasteiger partial charge in [-0.25, -0.2) is 0 Å². The first kappa shape index (κ1) is 8.11. The number of hydrogen-bond acceptors (Lipinski definition) is 4. The van der Waals surface area contributed by atoms with E-state index in [0.717, 1.165) is 31.3 Å². The lowest BCUT2D eigenvalue weighted by atomic mass is 10.00. The maximum Gasteiger partial charge on any atom is 0.200 e. The molecule has 3 rings (SSSR count). The summed E-state index contributed by atoms with van der Waals surface area (Å²) in [6, 6.07) is 0. The molecule has 2 aliphatic rings. The van der Waals surface area contributed by atoms with E-state index >= 15 is 0 Å². The molecule has 1 aliphatic carbocycles. The van der Waals surface area contributed by atoms with Crippen molar-refractivity contribution in [2.75, 3.05) is 13.1 Å². The standard InChI is InChI=1S/C9H13N5/c1-14-12-9(11-13-14)6-2-7-4-10-5-8(7)3-6/h2,7-8,10H,3-5H2,1H3/t7-,8+/m1/s1. The minimum atomic E-state index is 0.689. The number of aromatic nitrogens is 4. The topological polar surface area (TPSA) is 55.6 Å². The second-order valence-electron chi connectivity index (χ2n) is 4.08. The molecule has 0 bridgehead atoms. The van der Waals surface area contributed by atoms with Crippen molar-refractivity contribution in [2.24, 2.45) is 18.9 Å². The van der Waals surface area contributed by atoms with E-state index in [9.17, 15) is 0 Å². The van der Waals surface area contributed by atoms with Gasteiger partial charge in [0.25, 0.3) is 0 Å². The molecule has 5 nitrogen and oxygen atoms in total. The normalized spacial score (nSPS) is 30.5. The van der Waals surface area contributed by atoms with Gasteiger partial charge in [-0.15, -0.1) is 10.2 Å². The first-order chi connectivity index (χ1) is 6.83. The van der Waals surface area contributed by atoms with Crippen LogP contribution in [0, 0.1) is 11.8 Å². The van der Waals surface area contributed by atoms with Crippen LogP contribution in [0.15, 0.2) is 6.08 Å². The van der Waals surface area contributed by atoms with Crippen LogP contribution >= 0.6 is 0 Å². The summed E-state index contributed by atoms with van der Waals surface area (Å²) < 4.78 is 0. The molecule has 14 heavy (non-hydrogen) atoms. The van der Waals surface area contributed by atoms with E-state index in [2.05, 4.69) is 26.8 Å². The van der Waals surface area contributed by atoms with Crippen molar-refractivity contribution in [2.45, 2.75) is 6.42 Å². The molecule has 0 unspecified atom stereocenters. The second kappa shape index (κ2) is 2.88. The van der Waals surface area contributed by atoms with Crippen LogP contribution < -0.4 is 5.32 Å². The summed E-state index contributed by atoms with van der Waals surface area (Å²) in [5.74, 6) is 2.25. The number of aryl methyl sites for hydroxylation is 1. The number of tetrazole rings is 1. The zero-order valence-electron chi connectivity index (χ0n) is 8.14. The van der Waals surface area contributed by atoms with Crippen molar-refractivity contribution >= 4 is 5.57 Å². The third kappa shape index (κ3) is 1.16. The molecule has 0 saturated carbocycles. The number of fused-ring (bicyclic) bond motifs is 1. The first-order valence-electron chi connectivity index (χ1n) is 4.99. The number of rotatable bonds is 1. The van der Waals surface area contributed by atoms with Gasteiger partial charge in [-0.3, -0.25) is 0 Å². The molecule has 2 heterocycles. The third-order valence-electron chi connectivity index (χ3n) is 3.08. The van der Waals surface area contributed by atoms with Crippen molar-refractivity contribution < 1.29 is 0 Å². The van der Waals surface area contributed by atoms with Gasteiger partial charge in [0.1, 0.15) is 0 Å². The summed E-state index contributed by atoms with van der Waals surface area (Å²) in [5.41, 5.74) is 1.27. The first-order valence-corrected chi connectivity index (χ1v) is 4.99. The van der Waals surface area contributed by atoms with Gasteiger partial charge in [-0.2, -0.15) is 4.80 Å². The van der Waals surface area contributed by atoms with Crippen LogP contribution in [-0.4, -0.2) is 33.3 Å². The Kier molecular flexibility index (Phi) is 1.67. The minimum Gasteiger partial charge on any atom is -0.316 e. The number of allylic oxidation sites excluding steroid dienone is 1. The van der Waals surface area contributed by atoms with Crippen LogP contribution in [0.3, 0.4) is 0 Å². The van der Waals surface area contributed by atoms with Gasteiger partial charge < -0.3 is 5.32 Å². The number of hydrogen-bond donors (Lipinski definition) is 1. The molecular formula is C9H13N5. The lowest BCUT2D eigenvalue weighted by Gasteiger charge is -2.03. The molecule has 0 aromatic carbocycles. The molecule has 1 saturated heterocycles. The molecule has 0 spiro atoms. The van der Waals surface area contributed by atoms with Crippen molar-refractivity contribution in [3.63, 3.8) is 0 Å². The van der Waals surface area contributed by atoms with Gasteiger partial charge in [-0.05, 0) is 35.6 Å². The Balaban J connectivity index is 1.87. The van der Waals surface area contributed by atoms with Gasteiger partial charge in [0.05, 0.1) is 7.05 Å². The monoisotopic (exact) mass is 191 g/mol. The van der Waals surface area contributed by atoms with Crippen molar-refractivity contribution in [1.29, 1.82) is 0 Å². The fourth-order valence-corrected chi connectivity index (χ4v) is 2.36. The summed E-state index contributed by atoms with van der Waals surface area (Å²) in [5, 5.41) is 15.5. The Hall–Kier alpha value is -1.23. The van der Waals surface area contributed by atoms with Gasteiger partial charge in [0, 0.05) is 6.54 Å². The van der Waals surface area contributed by atoms with Crippen molar-refractivity contribution in [3.8, 4) is 0 Å². The summed E-state index contributed by atoms with van der Waals surface area (Å²) >= 11 is 0. The lowest BCUT2D eigenvalue weighted by molar-refractivity contribution is 0.536. The maximum atomic E-state index is 4.23. The van der Waals surface area contributed by atoms with Crippen LogP contribution in [0.4, 0.5) is 0 Å². The van der Waals surface area contributed by atoms with E-state index in [1.807, 2.05) is 0 Å². The third-order valence-corrected chi connectivity index (χ3v) is 3.08. The summed E-state index contributed by atoms with van der Waals surface area (Å²) in [6.07, 6.45) is 3.41. The second-order valence-corrected chi connectivity index (χ2v) is 4.08. The van der Waals surface area contributed by atoms with Crippen LogP contribution in [0.25, 0.3) is 5.57 Å². The average Bonchev–Trinajstić information content (AvgIpc) is 2.75. The predicted octanol–water partition coefficient (Wildman–Crippen LogP) is -0.167. The Morgan fingerprint density at radius 3 is 3.14 bits per heavy atom. The molecule has 1 aromatic rings. The maximum absolute atomic E-state index is 4.23. The van der Waals surface area contributed by atoms with Gasteiger partial charge in [0.2, 0.25) is 5.82 Å². The summed E-state index contributed by atoms with van der Waals surface area (Å²) in [4.78, 5) is 1.52. The Labute approximate surface area is 82.2 Å². The molecule has 0 amide bonds. The van der Waals surface area contributed by atoms with Crippen molar-refractivity contribution in [1.82, 2.24) is 25.5 Å². The summed E-state index contributed by atoms with van der Waals surface area (Å²) in [7, 11) is 1.80. The summed E-state index contributed by atoms with van der Waals surface area (Å²) in [6.45, 7) is 2.24. The molecule has 1 aromatic heterocycles. The molecule has 2 atom stereocenters. The largest absolute Gasteiger partial charge is 0.316 e. The highest BCUT2D eigenvalue weighted by atomic mass is 15.6. The average molecular weight is 191 g/mol. The fraction of sp³-hybridized carbons (Fsp3) is 0.667. The van der Waals surface area contributed by atoms with Crippen LogP contribution in [-0.2, 0) is 7.05 Å².